The number of aromatic amines is 1. The fourth-order valence-electron chi connectivity index (χ4n) is 4.68. The summed E-state index contributed by atoms with van der Waals surface area (Å²) >= 11 is 0. The van der Waals surface area contributed by atoms with E-state index in [1.165, 1.54) is 6.07 Å². The number of halogens is 1. The molecule has 0 saturated carbocycles. The molecule has 1 amide bonds. The van der Waals surface area contributed by atoms with E-state index in [1.807, 2.05) is 43.6 Å². The summed E-state index contributed by atoms with van der Waals surface area (Å²) in [4.78, 5) is 19.7. The van der Waals surface area contributed by atoms with Gasteiger partial charge in [0.25, 0.3) is 0 Å². The van der Waals surface area contributed by atoms with E-state index in [2.05, 4.69) is 11.1 Å². The maximum atomic E-state index is 15.1. The fourth-order valence-corrected chi connectivity index (χ4v) is 4.68. The Balaban J connectivity index is 1.66. The predicted octanol–water partition coefficient (Wildman–Crippen LogP) is 4.32. The molecule has 0 aliphatic carbocycles. The third-order valence-corrected chi connectivity index (χ3v) is 5.90. The van der Waals surface area contributed by atoms with Crippen LogP contribution in [0.15, 0.2) is 12.1 Å². The van der Waals surface area contributed by atoms with E-state index in [0.29, 0.717) is 35.8 Å². The number of likely N-dealkylation sites (tertiary alicyclic amines) is 1. The third kappa shape index (κ3) is 3.52. The number of benzene rings is 1. The number of carbonyl (C=O) groups is 1. The van der Waals surface area contributed by atoms with Crippen LogP contribution in [0.2, 0.25) is 0 Å². The summed E-state index contributed by atoms with van der Waals surface area (Å²) in [6.45, 7) is 9.45. The van der Waals surface area contributed by atoms with Gasteiger partial charge in [-0.2, -0.15) is 5.26 Å². The minimum absolute atomic E-state index is 0.00346. The summed E-state index contributed by atoms with van der Waals surface area (Å²) in [5.41, 5.74) is 1.82. The van der Waals surface area contributed by atoms with Crippen LogP contribution in [-0.4, -0.2) is 47.3 Å². The van der Waals surface area contributed by atoms with Crippen LogP contribution in [-0.2, 0) is 4.74 Å². The van der Waals surface area contributed by atoms with E-state index >= 15 is 4.39 Å². The zero-order chi connectivity index (χ0) is 20.9. The number of ether oxygens (including phenoxy) is 1. The number of aromatic nitrogens is 1. The van der Waals surface area contributed by atoms with Gasteiger partial charge in [0.2, 0.25) is 0 Å². The molecule has 3 heterocycles. The second-order valence-corrected chi connectivity index (χ2v) is 9.13. The number of nitrogens with one attached hydrogen (secondary N) is 1. The first-order chi connectivity index (χ1) is 13.7. The van der Waals surface area contributed by atoms with Gasteiger partial charge < -0.3 is 19.5 Å². The minimum atomic E-state index is -0.544. The number of piperidine rings is 1. The van der Waals surface area contributed by atoms with Gasteiger partial charge in [-0.15, -0.1) is 0 Å². The predicted molar refractivity (Wildman–Crippen MR) is 109 cm³/mol. The van der Waals surface area contributed by atoms with E-state index in [9.17, 15) is 10.1 Å². The maximum Gasteiger partial charge on any atom is 0.410 e. The first kappa shape index (κ1) is 19.6. The van der Waals surface area contributed by atoms with E-state index in [1.54, 1.807) is 0 Å². The summed E-state index contributed by atoms with van der Waals surface area (Å²) in [5.74, 6) is 0.0111. The average molecular weight is 398 g/mol. The lowest BCUT2D eigenvalue weighted by Gasteiger charge is -2.40. The normalized spacial score (nSPS) is 21.9. The molecule has 1 aromatic carbocycles. The molecular formula is C22H27FN4O2. The van der Waals surface area contributed by atoms with E-state index in [4.69, 9.17) is 4.74 Å². The lowest BCUT2D eigenvalue weighted by molar-refractivity contribution is 0.0203. The zero-order valence-corrected chi connectivity index (χ0v) is 17.4. The Bertz CT molecular complexity index is 1000. The van der Waals surface area contributed by atoms with Crippen LogP contribution >= 0.6 is 0 Å². The van der Waals surface area contributed by atoms with Crippen molar-refractivity contribution in [2.45, 2.75) is 52.2 Å². The van der Waals surface area contributed by atoms with E-state index in [0.717, 1.165) is 30.5 Å². The molecule has 29 heavy (non-hydrogen) atoms. The summed E-state index contributed by atoms with van der Waals surface area (Å²) in [6, 6.07) is 5.27. The average Bonchev–Trinajstić information content (AvgIpc) is 3.22. The van der Waals surface area contributed by atoms with Crippen LogP contribution in [0.3, 0.4) is 0 Å². The largest absolute Gasteiger partial charge is 0.444 e. The number of carbonyl (C=O) groups excluding carboxylic acids is 1. The van der Waals surface area contributed by atoms with Crippen LogP contribution < -0.4 is 4.90 Å². The van der Waals surface area contributed by atoms with Gasteiger partial charge in [0.05, 0.1) is 22.8 Å². The van der Waals surface area contributed by atoms with Crippen molar-refractivity contribution in [1.82, 2.24) is 9.88 Å². The molecule has 2 aliphatic heterocycles. The number of nitriles is 1. The molecule has 2 atom stereocenters. The molecule has 6 nitrogen and oxygen atoms in total. The van der Waals surface area contributed by atoms with Gasteiger partial charge in [-0.3, -0.25) is 0 Å². The molecule has 0 spiro atoms. The van der Waals surface area contributed by atoms with E-state index < -0.39 is 11.4 Å². The molecule has 2 aliphatic rings. The molecule has 0 radical (unpaired) electrons. The molecule has 4 rings (SSSR count). The number of aryl methyl sites for hydroxylation is 1. The summed E-state index contributed by atoms with van der Waals surface area (Å²) in [5, 5.41) is 10.1. The highest BCUT2D eigenvalue weighted by Gasteiger charge is 2.42. The van der Waals surface area contributed by atoms with E-state index in [-0.39, 0.29) is 12.1 Å². The van der Waals surface area contributed by atoms with Crippen molar-refractivity contribution >= 4 is 22.7 Å². The number of hydrogen-bond acceptors (Lipinski definition) is 4. The second kappa shape index (κ2) is 6.94. The van der Waals surface area contributed by atoms with Gasteiger partial charge in [0.1, 0.15) is 17.5 Å². The van der Waals surface area contributed by atoms with Gasteiger partial charge >= 0.3 is 6.09 Å². The highest BCUT2D eigenvalue weighted by molar-refractivity contribution is 5.97. The Labute approximate surface area is 170 Å². The Morgan fingerprint density at radius 3 is 2.72 bits per heavy atom. The zero-order valence-electron chi connectivity index (χ0n) is 17.4. The second-order valence-electron chi connectivity index (χ2n) is 9.13. The smallest absolute Gasteiger partial charge is 0.410 e. The summed E-state index contributed by atoms with van der Waals surface area (Å²) in [7, 11) is 0. The molecule has 1 aromatic heterocycles. The first-order valence-corrected chi connectivity index (χ1v) is 10.1. The number of fused-ring (bicyclic) bond motifs is 2. The van der Waals surface area contributed by atoms with Crippen molar-refractivity contribution in [3.8, 4) is 6.07 Å². The topological polar surface area (TPSA) is 72.4 Å². The molecule has 2 saturated heterocycles. The molecule has 154 valence electrons. The first-order valence-electron chi connectivity index (χ1n) is 10.1. The van der Waals surface area contributed by atoms with Crippen LogP contribution in [0, 0.1) is 30.0 Å². The third-order valence-electron chi connectivity index (χ3n) is 5.90. The summed E-state index contributed by atoms with van der Waals surface area (Å²) in [6.07, 6.45) is 1.55. The lowest BCUT2D eigenvalue weighted by atomic mass is 9.91. The molecular weight excluding hydrogens is 371 g/mol. The highest BCUT2D eigenvalue weighted by Crippen LogP contribution is 2.39. The van der Waals surface area contributed by atoms with Crippen LogP contribution in [0.25, 0.3) is 10.9 Å². The lowest BCUT2D eigenvalue weighted by Crippen LogP contribution is -2.51. The SMILES string of the molecule is Cc1cc2c(N3CCC4CCN(C(=O)OC(C)(C)C)C4C3)c(F)cc(C#N)c2[nH]1. The van der Waals surface area contributed by atoms with Crippen LogP contribution in [0.4, 0.5) is 14.9 Å². The van der Waals surface area contributed by atoms with Gasteiger partial charge in [0, 0.05) is 30.7 Å². The maximum absolute atomic E-state index is 15.1. The van der Waals surface area contributed by atoms with Gasteiger partial charge in [-0.05, 0) is 58.6 Å². The fraction of sp³-hybridized carbons (Fsp3) is 0.545. The van der Waals surface area contributed by atoms with Crippen LogP contribution in [0.1, 0.15) is 44.9 Å². The van der Waals surface area contributed by atoms with Gasteiger partial charge in [-0.25, -0.2) is 9.18 Å². The number of hydrogen-bond donors (Lipinski definition) is 1. The standard InChI is InChI=1S/C22H27FN4O2/c1-13-9-16-19(25-13)15(11-24)10-17(23)20(16)26-7-5-14-6-8-27(18(14)12-26)21(28)29-22(2,3)4/h9-10,14,18,25H,5-8,12H2,1-4H3. The molecule has 2 unspecified atom stereocenters. The number of anilines is 1. The van der Waals surface area contributed by atoms with Gasteiger partial charge in [-0.1, -0.05) is 0 Å². The number of nitrogens with zero attached hydrogens (tertiary/aromatic N) is 3. The quantitative estimate of drug-likeness (QED) is 0.776. The van der Waals surface area contributed by atoms with Crippen molar-refractivity contribution < 1.29 is 13.9 Å². The Kier molecular flexibility index (Phi) is 4.68. The number of amides is 1. The highest BCUT2D eigenvalue weighted by atomic mass is 19.1. The molecule has 7 heteroatoms. The Morgan fingerprint density at radius 2 is 2.03 bits per heavy atom. The van der Waals surface area contributed by atoms with Crippen molar-refractivity contribution in [2.75, 3.05) is 24.5 Å². The van der Waals surface area contributed by atoms with Crippen LogP contribution in [0.5, 0.6) is 0 Å². The molecule has 1 N–H and O–H groups in total. The monoisotopic (exact) mass is 398 g/mol. The van der Waals surface area contributed by atoms with Crippen molar-refractivity contribution in [3.63, 3.8) is 0 Å². The van der Waals surface area contributed by atoms with Crippen molar-refractivity contribution in [3.05, 3.63) is 29.2 Å². The molecule has 2 fully saturated rings. The minimum Gasteiger partial charge on any atom is -0.444 e. The van der Waals surface area contributed by atoms with Crippen molar-refractivity contribution in [2.24, 2.45) is 5.92 Å². The Morgan fingerprint density at radius 1 is 1.31 bits per heavy atom. The van der Waals surface area contributed by atoms with Gasteiger partial charge in [0.15, 0.2) is 0 Å². The van der Waals surface area contributed by atoms with Crippen molar-refractivity contribution in [1.29, 1.82) is 5.26 Å². The number of H-pyrrole nitrogens is 1. The number of rotatable bonds is 1. The molecule has 2 aromatic rings. The molecule has 0 bridgehead atoms. The Hall–Kier alpha value is -2.75. The summed E-state index contributed by atoms with van der Waals surface area (Å²) < 4.78 is 20.7.